The highest BCUT2D eigenvalue weighted by atomic mass is 16.6. The van der Waals surface area contributed by atoms with E-state index in [2.05, 4.69) is 10.4 Å². The van der Waals surface area contributed by atoms with E-state index in [1.165, 1.54) is 4.68 Å². The SMILES string of the molecule is C.CCOC(=O)c1cc(OCc2ccccc2)nn1CCCNC(=O)OC(C)(C)C. The van der Waals surface area contributed by atoms with Crippen molar-refractivity contribution in [1.82, 2.24) is 15.1 Å². The third kappa shape index (κ3) is 8.55. The number of nitrogens with one attached hydrogen (secondary N) is 1. The smallest absolute Gasteiger partial charge is 0.407 e. The second-order valence-electron chi connectivity index (χ2n) is 7.37. The molecule has 0 fully saturated rings. The summed E-state index contributed by atoms with van der Waals surface area (Å²) < 4.78 is 17.5. The van der Waals surface area contributed by atoms with E-state index in [1.54, 1.807) is 33.8 Å². The average Bonchev–Trinajstić information content (AvgIpc) is 3.06. The fourth-order valence-corrected chi connectivity index (χ4v) is 2.47. The molecule has 8 heteroatoms. The van der Waals surface area contributed by atoms with E-state index < -0.39 is 17.7 Å². The van der Waals surface area contributed by atoms with Crippen molar-refractivity contribution in [3.63, 3.8) is 0 Å². The summed E-state index contributed by atoms with van der Waals surface area (Å²) in [5, 5.41) is 7.04. The van der Waals surface area contributed by atoms with Crippen molar-refractivity contribution in [1.29, 1.82) is 0 Å². The maximum atomic E-state index is 12.2. The van der Waals surface area contributed by atoms with E-state index in [0.29, 0.717) is 37.7 Å². The third-order valence-corrected chi connectivity index (χ3v) is 3.69. The number of benzene rings is 1. The second-order valence-corrected chi connectivity index (χ2v) is 7.37. The molecule has 30 heavy (non-hydrogen) atoms. The van der Waals surface area contributed by atoms with Gasteiger partial charge in [0.05, 0.1) is 6.61 Å². The lowest BCUT2D eigenvalue weighted by Gasteiger charge is -2.19. The van der Waals surface area contributed by atoms with Crippen LogP contribution in [0.2, 0.25) is 0 Å². The monoisotopic (exact) mass is 419 g/mol. The summed E-state index contributed by atoms with van der Waals surface area (Å²) in [6.45, 7) is 8.58. The number of rotatable bonds is 9. The number of esters is 1. The van der Waals surface area contributed by atoms with Crippen LogP contribution in [0.5, 0.6) is 5.88 Å². The maximum Gasteiger partial charge on any atom is 0.407 e. The Hall–Kier alpha value is -3.03. The third-order valence-electron chi connectivity index (χ3n) is 3.69. The number of hydrogen-bond acceptors (Lipinski definition) is 6. The molecular formula is C22H33N3O5. The van der Waals surface area contributed by atoms with Gasteiger partial charge in [0, 0.05) is 19.2 Å². The van der Waals surface area contributed by atoms with Crippen molar-refractivity contribution in [3.8, 4) is 5.88 Å². The standard InChI is InChI=1S/C21H29N3O5.CH4/c1-5-27-19(25)17-14-18(28-15-16-10-7-6-8-11-16)23-24(17)13-9-12-22-20(26)29-21(2,3)4;/h6-8,10-11,14H,5,9,12-13,15H2,1-4H3,(H,22,26);1H4. The van der Waals surface area contributed by atoms with Gasteiger partial charge in [-0.15, -0.1) is 5.10 Å². The molecule has 0 radical (unpaired) electrons. The van der Waals surface area contributed by atoms with Crippen LogP contribution in [0.25, 0.3) is 0 Å². The van der Waals surface area contributed by atoms with Gasteiger partial charge in [0.25, 0.3) is 0 Å². The Morgan fingerprint density at radius 1 is 1.17 bits per heavy atom. The van der Waals surface area contributed by atoms with Gasteiger partial charge in [-0.3, -0.25) is 4.68 Å². The Kier molecular flexibility index (Phi) is 9.88. The Labute approximate surface area is 178 Å². The molecule has 8 nitrogen and oxygen atoms in total. The Bertz CT molecular complexity index is 797. The van der Waals surface area contributed by atoms with E-state index in [1.807, 2.05) is 30.3 Å². The Morgan fingerprint density at radius 2 is 1.87 bits per heavy atom. The van der Waals surface area contributed by atoms with Gasteiger partial charge in [-0.1, -0.05) is 37.8 Å². The maximum absolute atomic E-state index is 12.2. The summed E-state index contributed by atoms with van der Waals surface area (Å²) in [7, 11) is 0. The van der Waals surface area contributed by atoms with Crippen LogP contribution < -0.4 is 10.1 Å². The van der Waals surface area contributed by atoms with E-state index in [-0.39, 0.29) is 14.0 Å². The fraction of sp³-hybridized carbons (Fsp3) is 0.500. The molecule has 0 aliphatic carbocycles. The molecule has 0 atom stereocenters. The fourth-order valence-electron chi connectivity index (χ4n) is 2.47. The lowest BCUT2D eigenvalue weighted by atomic mass is 10.2. The van der Waals surface area contributed by atoms with Gasteiger partial charge < -0.3 is 19.5 Å². The molecule has 1 heterocycles. The molecule has 0 bridgehead atoms. The van der Waals surface area contributed by atoms with Gasteiger partial charge in [-0.05, 0) is 39.7 Å². The van der Waals surface area contributed by atoms with E-state index in [0.717, 1.165) is 5.56 Å². The number of amides is 1. The zero-order valence-electron chi connectivity index (χ0n) is 17.4. The van der Waals surface area contributed by atoms with Crippen LogP contribution >= 0.6 is 0 Å². The van der Waals surface area contributed by atoms with Gasteiger partial charge in [0.1, 0.15) is 17.9 Å². The quantitative estimate of drug-likeness (QED) is 0.484. The Balaban J connectivity index is 0.00000450. The van der Waals surface area contributed by atoms with Gasteiger partial charge in [-0.25, -0.2) is 9.59 Å². The number of aromatic nitrogens is 2. The van der Waals surface area contributed by atoms with Gasteiger partial charge >= 0.3 is 12.1 Å². The van der Waals surface area contributed by atoms with Crippen molar-refractivity contribution < 1.29 is 23.8 Å². The van der Waals surface area contributed by atoms with Crippen LogP contribution in [0, 0.1) is 0 Å². The topological polar surface area (TPSA) is 91.7 Å². The molecule has 166 valence electrons. The predicted molar refractivity (Wildman–Crippen MR) is 115 cm³/mol. The van der Waals surface area contributed by atoms with Crippen LogP contribution in [0.1, 0.15) is 57.6 Å². The Morgan fingerprint density at radius 3 is 2.50 bits per heavy atom. The van der Waals surface area contributed by atoms with Gasteiger partial charge in [0.2, 0.25) is 5.88 Å². The highest BCUT2D eigenvalue weighted by Crippen LogP contribution is 2.16. The minimum absolute atomic E-state index is 0. The molecule has 0 saturated heterocycles. The van der Waals surface area contributed by atoms with E-state index >= 15 is 0 Å². The number of hydrogen-bond donors (Lipinski definition) is 1. The highest BCUT2D eigenvalue weighted by Gasteiger charge is 2.18. The molecule has 0 unspecified atom stereocenters. The molecule has 1 aromatic heterocycles. The molecule has 2 rings (SSSR count). The summed E-state index contributed by atoms with van der Waals surface area (Å²) in [5.74, 6) is -0.119. The van der Waals surface area contributed by atoms with Crippen LogP contribution in [0.3, 0.4) is 0 Å². The molecule has 2 aromatic rings. The van der Waals surface area contributed by atoms with Crippen LogP contribution in [0.4, 0.5) is 4.79 Å². The zero-order valence-corrected chi connectivity index (χ0v) is 17.4. The van der Waals surface area contributed by atoms with Gasteiger partial charge in [-0.2, -0.15) is 0 Å². The van der Waals surface area contributed by atoms with Crippen molar-refractivity contribution >= 4 is 12.1 Å². The molecular weight excluding hydrogens is 386 g/mol. The van der Waals surface area contributed by atoms with Crippen molar-refractivity contribution in [3.05, 3.63) is 47.7 Å². The van der Waals surface area contributed by atoms with E-state index in [9.17, 15) is 9.59 Å². The van der Waals surface area contributed by atoms with Crippen molar-refractivity contribution in [2.75, 3.05) is 13.2 Å². The molecule has 0 aliphatic heterocycles. The molecule has 1 aromatic carbocycles. The average molecular weight is 420 g/mol. The minimum atomic E-state index is -0.547. The molecule has 1 amide bonds. The summed E-state index contributed by atoms with van der Waals surface area (Å²) in [4.78, 5) is 23.9. The van der Waals surface area contributed by atoms with Crippen LogP contribution in [-0.2, 0) is 22.6 Å². The first-order chi connectivity index (χ1) is 13.8. The summed E-state index contributed by atoms with van der Waals surface area (Å²) in [6.07, 6.45) is 0.0845. The van der Waals surface area contributed by atoms with Crippen LogP contribution in [0.15, 0.2) is 36.4 Å². The number of nitrogens with zero attached hydrogens (tertiary/aromatic N) is 2. The van der Waals surface area contributed by atoms with E-state index in [4.69, 9.17) is 14.2 Å². The molecule has 0 spiro atoms. The largest absolute Gasteiger partial charge is 0.472 e. The summed E-state index contributed by atoms with van der Waals surface area (Å²) in [6, 6.07) is 11.3. The number of carbonyl (C=O) groups excluding carboxylic acids is 2. The molecule has 0 aliphatic rings. The molecule has 0 saturated carbocycles. The van der Waals surface area contributed by atoms with Crippen molar-refractivity contribution in [2.24, 2.45) is 0 Å². The lowest BCUT2D eigenvalue weighted by molar-refractivity contribution is 0.0501. The predicted octanol–water partition coefficient (Wildman–Crippen LogP) is 4.19. The lowest BCUT2D eigenvalue weighted by Crippen LogP contribution is -2.33. The molecule has 1 N–H and O–H groups in total. The summed E-state index contributed by atoms with van der Waals surface area (Å²) >= 11 is 0. The second kappa shape index (κ2) is 11.8. The van der Waals surface area contributed by atoms with Crippen LogP contribution in [-0.4, -0.2) is 40.6 Å². The summed E-state index contributed by atoms with van der Waals surface area (Å²) in [5.41, 5.74) is 0.766. The number of alkyl carbamates (subject to hydrolysis) is 1. The minimum Gasteiger partial charge on any atom is -0.472 e. The van der Waals surface area contributed by atoms with Gasteiger partial charge in [0.15, 0.2) is 0 Å². The zero-order chi connectivity index (χ0) is 21.3. The first-order valence-corrected chi connectivity index (χ1v) is 9.67. The number of carbonyl (C=O) groups is 2. The van der Waals surface area contributed by atoms with Crippen molar-refractivity contribution in [2.45, 2.75) is 60.3 Å². The normalized spacial score (nSPS) is 10.7. The number of aryl methyl sites for hydroxylation is 1. The first kappa shape index (κ1) is 25.0. The first-order valence-electron chi connectivity index (χ1n) is 9.67. The highest BCUT2D eigenvalue weighted by molar-refractivity contribution is 5.87. The number of ether oxygens (including phenoxy) is 3.